The molecule has 0 aromatic carbocycles. The molecule has 0 radical (unpaired) electrons. The second kappa shape index (κ2) is 26.9. The molecule has 0 aromatic heterocycles. The summed E-state index contributed by atoms with van der Waals surface area (Å²) < 4.78 is 26.7. The molecule has 0 rings (SSSR count). The molecule has 0 saturated heterocycles. The van der Waals surface area contributed by atoms with Crippen LogP contribution >= 0.6 is 8.60 Å². The van der Waals surface area contributed by atoms with Crippen LogP contribution in [-0.4, -0.2) is 23.1 Å². The van der Waals surface area contributed by atoms with Crippen LogP contribution in [0.5, 0.6) is 0 Å². The van der Waals surface area contributed by atoms with E-state index >= 15 is 0 Å². The molecule has 0 unspecified atom stereocenters. The molecule has 8 N–H and O–H groups in total. The molecule has 0 amide bonds. The van der Waals surface area contributed by atoms with E-state index in [2.05, 4.69) is 11.2 Å². The third kappa shape index (κ3) is 160. The zero-order valence-corrected chi connectivity index (χ0v) is 20.1. The molecule has 0 aliphatic rings. The van der Waals surface area contributed by atoms with Crippen molar-refractivity contribution in [1.82, 2.24) is 12.3 Å². The molecular weight excluding hydrogens is 336 g/mol. The predicted molar refractivity (Wildman–Crippen MR) is 38.5 cm³/mol. The Labute approximate surface area is 217 Å². The molecule has 14 heteroatoms. The molecule has 0 saturated carbocycles. The predicted octanol–water partition coefficient (Wildman–Crippen LogP) is -11.1. The standard InChI is InChI=1S/3K.2H3N.H2O3P.H2O3S2/c;;;;;1-4(2)3;1-5(2,3)4/h;;;2*1H3;1-2H;(H2,1,2,3,4)/q3*+1;;;-1;/p-2. The molecule has 14 heavy (non-hydrogen) atoms. The monoisotopic (exact) mass is 344 g/mol. The van der Waals surface area contributed by atoms with Gasteiger partial charge in [0.2, 0.25) is 0 Å². The first-order valence-electron chi connectivity index (χ1n) is 1.25. The molecule has 0 fully saturated rings. The van der Waals surface area contributed by atoms with Gasteiger partial charge < -0.3 is 36.1 Å². The van der Waals surface area contributed by atoms with Gasteiger partial charge in [0, 0.05) is 0 Å². The van der Waals surface area contributed by atoms with Crippen LogP contribution in [0.1, 0.15) is 0 Å². The summed E-state index contributed by atoms with van der Waals surface area (Å²) in [4.78, 5) is 22.9. The number of hydrogen-bond acceptors (Lipinski definition) is 9. The Balaban J connectivity index is -0.0000000104. The van der Waals surface area contributed by atoms with E-state index in [9.17, 15) is 0 Å². The van der Waals surface area contributed by atoms with Crippen molar-refractivity contribution in [2.75, 3.05) is 0 Å². The largest absolute Gasteiger partial charge is 1.00 e. The van der Waals surface area contributed by atoms with Gasteiger partial charge in [0.1, 0.15) is 0 Å². The Morgan fingerprint density at radius 3 is 1.07 bits per heavy atom. The fraction of sp³-hybridized carbons (Fsp3) is 0. The van der Waals surface area contributed by atoms with Crippen molar-refractivity contribution in [3.05, 3.63) is 0 Å². The van der Waals surface area contributed by atoms with Gasteiger partial charge in [-0.15, -0.1) is 9.05 Å². The van der Waals surface area contributed by atoms with Crippen LogP contribution in [0.15, 0.2) is 0 Å². The third-order valence-corrected chi connectivity index (χ3v) is 0. The first kappa shape index (κ1) is 42.7. The first-order chi connectivity index (χ1) is 3.73. The summed E-state index contributed by atoms with van der Waals surface area (Å²) in [6.45, 7) is 0. The van der Waals surface area contributed by atoms with Crippen molar-refractivity contribution in [2.45, 2.75) is 0 Å². The number of rotatable bonds is 0. The van der Waals surface area contributed by atoms with Crippen molar-refractivity contribution in [3.63, 3.8) is 0 Å². The summed E-state index contributed by atoms with van der Waals surface area (Å²) in [5.74, 6) is 0. The molecular formula is H8K3N2O6PS2. The second-order valence-corrected chi connectivity index (χ2v) is 3.21. The topological polar surface area (TPSA) is 197 Å². The summed E-state index contributed by atoms with van der Waals surface area (Å²) >= 11 is 3.24. The first-order valence-corrected chi connectivity index (χ1v) is 4.75. The third-order valence-electron chi connectivity index (χ3n) is 0. The van der Waals surface area contributed by atoms with E-state index in [-0.39, 0.29) is 166 Å². The maximum absolute atomic E-state index is 8.89. The van der Waals surface area contributed by atoms with Crippen LogP contribution in [0, 0.1) is 0 Å². The summed E-state index contributed by atoms with van der Waals surface area (Å²) in [5.41, 5.74) is 0. The van der Waals surface area contributed by atoms with E-state index in [0.29, 0.717) is 0 Å². The minimum absolute atomic E-state index is 0. The Bertz CT molecular complexity index is 140. The quantitative estimate of drug-likeness (QED) is 0.243. The van der Waals surface area contributed by atoms with Crippen LogP contribution in [0.4, 0.5) is 0 Å². The Hall–Kier alpha value is 5.43. The maximum atomic E-state index is 8.89. The van der Waals surface area contributed by atoms with Crippen molar-refractivity contribution in [3.8, 4) is 0 Å². The smallest absolute Gasteiger partial charge is 0.786 e. The van der Waals surface area contributed by atoms with E-state index in [1.165, 1.54) is 0 Å². The Morgan fingerprint density at radius 2 is 1.07 bits per heavy atom. The van der Waals surface area contributed by atoms with E-state index in [0.717, 1.165) is 0 Å². The normalized spacial score (nSPS) is 6.71. The number of hydrogen-bond donors (Lipinski definition) is 4. The molecule has 0 bridgehead atoms. The second-order valence-electron chi connectivity index (χ2n) is 0.661. The van der Waals surface area contributed by atoms with Crippen LogP contribution in [0.2, 0.25) is 0 Å². The molecule has 0 atom stereocenters. The van der Waals surface area contributed by atoms with E-state index < -0.39 is 17.7 Å². The zero-order chi connectivity index (χ0) is 8.08. The van der Waals surface area contributed by atoms with Gasteiger partial charge in [-0.05, 0) is 11.2 Å². The van der Waals surface area contributed by atoms with Crippen molar-refractivity contribution in [1.29, 1.82) is 0 Å². The van der Waals surface area contributed by atoms with Gasteiger partial charge >= 0.3 is 154 Å². The van der Waals surface area contributed by atoms with Gasteiger partial charge in [-0.2, -0.15) is 0 Å². The van der Waals surface area contributed by atoms with Gasteiger partial charge in [-0.1, -0.05) is 0 Å². The molecule has 0 aliphatic carbocycles. The van der Waals surface area contributed by atoms with Gasteiger partial charge in [0.25, 0.3) is 0 Å². The van der Waals surface area contributed by atoms with Gasteiger partial charge in [0.15, 0.2) is 0 Å². The van der Waals surface area contributed by atoms with E-state index in [1.54, 1.807) is 0 Å². The molecule has 0 spiro atoms. The minimum atomic E-state index is -4.33. The molecule has 8 nitrogen and oxygen atoms in total. The van der Waals surface area contributed by atoms with Gasteiger partial charge in [-0.25, -0.2) is 0 Å². The fourth-order valence-electron chi connectivity index (χ4n) is 0. The summed E-state index contributed by atoms with van der Waals surface area (Å²) in [6.07, 6.45) is 0. The average Bonchev–Trinajstić information content (AvgIpc) is 1.19. The van der Waals surface area contributed by atoms with Crippen LogP contribution in [0.25, 0.3) is 0 Å². The van der Waals surface area contributed by atoms with Crippen LogP contribution in [0.3, 0.4) is 0 Å². The van der Waals surface area contributed by atoms with Crippen LogP contribution < -0.4 is 171 Å². The molecule has 0 aliphatic heterocycles. The van der Waals surface area contributed by atoms with Crippen molar-refractivity contribution in [2.24, 2.45) is 0 Å². The SMILES string of the molecule is N.N.O=S([O-])([O-])=S.[K+].[K+].[K+].[O-]P(O)O. The molecule has 0 aromatic rings. The average molecular weight is 344 g/mol. The minimum Gasteiger partial charge on any atom is -0.786 e. The summed E-state index contributed by atoms with van der Waals surface area (Å²) in [6, 6.07) is 0. The maximum Gasteiger partial charge on any atom is 1.00 e. The summed E-state index contributed by atoms with van der Waals surface area (Å²) in [5, 5.41) is 0. The van der Waals surface area contributed by atoms with Gasteiger partial charge in [0.05, 0.1) is 8.60 Å². The fourth-order valence-corrected chi connectivity index (χ4v) is 0. The summed E-state index contributed by atoms with van der Waals surface area (Å²) in [7, 11) is -7.20. The van der Waals surface area contributed by atoms with E-state index in [4.69, 9.17) is 28.0 Å². The zero-order valence-electron chi connectivity index (χ0n) is 8.21. The van der Waals surface area contributed by atoms with Crippen molar-refractivity contribution >= 4 is 28.8 Å². The molecule has 0 heterocycles. The van der Waals surface area contributed by atoms with E-state index in [1.807, 2.05) is 0 Å². The Morgan fingerprint density at radius 1 is 1.07 bits per heavy atom. The van der Waals surface area contributed by atoms with Gasteiger partial charge in [-0.3, -0.25) is 4.21 Å². The Kier molecular flexibility index (Phi) is 82.0. The van der Waals surface area contributed by atoms with Crippen LogP contribution in [-0.2, 0) is 20.2 Å². The molecule has 74 valence electrons. The van der Waals surface area contributed by atoms with Crippen molar-refractivity contribution < 1.29 is 182 Å².